The molecule has 1 aromatic carbocycles. The largest absolute Gasteiger partial charge is 0.497 e. The molecule has 0 spiro atoms. The van der Waals surface area contributed by atoms with Gasteiger partial charge < -0.3 is 20.1 Å². The molecule has 8 nitrogen and oxygen atoms in total. The summed E-state index contributed by atoms with van der Waals surface area (Å²) < 4.78 is 12.5. The second kappa shape index (κ2) is 11.5. The minimum absolute atomic E-state index is 0. The van der Waals surface area contributed by atoms with Gasteiger partial charge in [-0.1, -0.05) is 0 Å². The van der Waals surface area contributed by atoms with Crippen LogP contribution in [0.3, 0.4) is 0 Å². The van der Waals surface area contributed by atoms with E-state index in [1.165, 1.54) is 6.33 Å². The van der Waals surface area contributed by atoms with Crippen molar-refractivity contribution in [3.8, 4) is 11.5 Å². The molecule has 25 heavy (non-hydrogen) atoms. The van der Waals surface area contributed by atoms with Crippen molar-refractivity contribution >= 4 is 29.9 Å². The third-order valence-corrected chi connectivity index (χ3v) is 3.38. The molecule has 0 aliphatic heterocycles. The molecule has 0 aliphatic carbocycles. The van der Waals surface area contributed by atoms with Crippen LogP contribution in [0.5, 0.6) is 11.5 Å². The van der Waals surface area contributed by atoms with Gasteiger partial charge in [0, 0.05) is 20.6 Å². The maximum atomic E-state index is 5.68. The molecule has 0 radical (unpaired) electrons. The smallest absolute Gasteiger partial charge is 0.191 e. The number of nitrogens with one attached hydrogen (secondary N) is 2. The SMILES string of the molecule is CN=C(NCCCOc1ccc(OC)cc1)NCc1ncnn1C.I. The van der Waals surface area contributed by atoms with E-state index in [0.29, 0.717) is 13.2 Å². The van der Waals surface area contributed by atoms with Gasteiger partial charge in [0.15, 0.2) is 5.96 Å². The Hall–Kier alpha value is -2.04. The monoisotopic (exact) mass is 460 g/mol. The Morgan fingerprint density at radius 1 is 1.20 bits per heavy atom. The van der Waals surface area contributed by atoms with Crippen molar-refractivity contribution in [3.63, 3.8) is 0 Å². The van der Waals surface area contributed by atoms with Crippen LogP contribution >= 0.6 is 24.0 Å². The standard InChI is InChI=1S/C16H24N6O2.HI/c1-17-16(19-11-15-20-12-21-22(15)2)18-9-4-10-24-14-7-5-13(23-3)6-8-14;/h5-8,12H,4,9-11H2,1-3H3,(H2,17,18,19);1H. The molecule has 1 aromatic heterocycles. The van der Waals surface area contributed by atoms with Crippen LogP contribution in [0, 0.1) is 0 Å². The lowest BCUT2D eigenvalue weighted by molar-refractivity contribution is 0.310. The summed E-state index contributed by atoms with van der Waals surface area (Å²) in [6, 6.07) is 7.55. The fourth-order valence-corrected chi connectivity index (χ4v) is 2.00. The molecule has 0 unspecified atom stereocenters. The summed E-state index contributed by atoms with van der Waals surface area (Å²) in [7, 11) is 5.24. The molecular formula is C16H25IN6O2. The molecule has 9 heteroatoms. The summed E-state index contributed by atoms with van der Waals surface area (Å²) in [5.74, 6) is 3.23. The number of nitrogens with zero attached hydrogens (tertiary/aromatic N) is 4. The minimum atomic E-state index is 0. The van der Waals surface area contributed by atoms with E-state index in [0.717, 1.165) is 36.2 Å². The Bertz CT molecular complexity index is 644. The number of benzene rings is 1. The highest BCUT2D eigenvalue weighted by Gasteiger charge is 2.02. The quantitative estimate of drug-likeness (QED) is 0.269. The molecule has 0 fully saturated rings. The second-order valence-electron chi connectivity index (χ2n) is 5.03. The van der Waals surface area contributed by atoms with E-state index >= 15 is 0 Å². The van der Waals surface area contributed by atoms with Crippen molar-refractivity contribution in [2.45, 2.75) is 13.0 Å². The van der Waals surface area contributed by atoms with Gasteiger partial charge in [-0.25, -0.2) is 4.98 Å². The Balaban J connectivity index is 0.00000312. The van der Waals surface area contributed by atoms with Crippen LogP contribution in [0.2, 0.25) is 0 Å². The lowest BCUT2D eigenvalue weighted by Gasteiger charge is -2.12. The number of ether oxygens (including phenoxy) is 2. The Labute approximate surface area is 165 Å². The minimum Gasteiger partial charge on any atom is -0.497 e. The average molecular weight is 460 g/mol. The number of aromatic nitrogens is 3. The van der Waals surface area contributed by atoms with Gasteiger partial charge in [0.2, 0.25) is 0 Å². The predicted molar refractivity (Wildman–Crippen MR) is 108 cm³/mol. The Morgan fingerprint density at radius 3 is 2.52 bits per heavy atom. The number of hydrogen-bond donors (Lipinski definition) is 2. The van der Waals surface area contributed by atoms with Crippen LogP contribution in [0.1, 0.15) is 12.2 Å². The van der Waals surface area contributed by atoms with Gasteiger partial charge in [-0.15, -0.1) is 24.0 Å². The second-order valence-corrected chi connectivity index (χ2v) is 5.03. The number of halogens is 1. The van der Waals surface area contributed by atoms with Crippen molar-refractivity contribution < 1.29 is 9.47 Å². The first-order chi connectivity index (χ1) is 11.7. The van der Waals surface area contributed by atoms with Crippen LogP contribution in [-0.4, -0.2) is 48.0 Å². The number of hydrogen-bond acceptors (Lipinski definition) is 5. The zero-order valence-corrected chi connectivity index (χ0v) is 17.1. The highest BCUT2D eigenvalue weighted by molar-refractivity contribution is 14.0. The number of aliphatic imine (C=N–C) groups is 1. The first-order valence-electron chi connectivity index (χ1n) is 7.77. The molecular weight excluding hydrogens is 435 g/mol. The lowest BCUT2D eigenvalue weighted by atomic mass is 10.3. The summed E-state index contributed by atoms with van der Waals surface area (Å²) in [5.41, 5.74) is 0. The molecule has 0 amide bonds. The van der Waals surface area contributed by atoms with Gasteiger partial charge in [-0.2, -0.15) is 5.10 Å². The van der Waals surface area contributed by atoms with Crippen LogP contribution in [0.4, 0.5) is 0 Å². The molecule has 0 aliphatic rings. The zero-order chi connectivity index (χ0) is 17.2. The molecule has 0 bridgehead atoms. The highest BCUT2D eigenvalue weighted by atomic mass is 127. The fourth-order valence-electron chi connectivity index (χ4n) is 2.00. The van der Waals surface area contributed by atoms with Crippen LogP contribution < -0.4 is 20.1 Å². The third-order valence-electron chi connectivity index (χ3n) is 3.38. The number of methoxy groups -OCH3 is 1. The summed E-state index contributed by atoms with van der Waals surface area (Å²) in [4.78, 5) is 8.33. The van der Waals surface area contributed by atoms with Gasteiger partial charge in [-0.3, -0.25) is 9.67 Å². The van der Waals surface area contributed by atoms with Gasteiger partial charge in [0.05, 0.1) is 20.3 Å². The lowest BCUT2D eigenvalue weighted by Crippen LogP contribution is -2.38. The van der Waals surface area contributed by atoms with Gasteiger partial charge in [0.1, 0.15) is 23.7 Å². The Morgan fingerprint density at radius 2 is 1.92 bits per heavy atom. The first-order valence-corrected chi connectivity index (χ1v) is 7.77. The van der Waals surface area contributed by atoms with Crippen molar-refractivity contribution in [3.05, 3.63) is 36.4 Å². The van der Waals surface area contributed by atoms with E-state index in [-0.39, 0.29) is 24.0 Å². The van der Waals surface area contributed by atoms with Gasteiger partial charge in [0.25, 0.3) is 0 Å². The average Bonchev–Trinajstić information content (AvgIpc) is 3.03. The van der Waals surface area contributed by atoms with E-state index < -0.39 is 0 Å². The van der Waals surface area contributed by atoms with E-state index in [4.69, 9.17) is 9.47 Å². The number of guanidine groups is 1. The molecule has 0 saturated carbocycles. The normalized spacial score (nSPS) is 10.8. The van der Waals surface area contributed by atoms with Crippen LogP contribution in [0.15, 0.2) is 35.6 Å². The van der Waals surface area contributed by atoms with E-state index in [1.54, 1.807) is 18.8 Å². The van der Waals surface area contributed by atoms with Crippen molar-refractivity contribution in [2.75, 3.05) is 27.3 Å². The third kappa shape index (κ3) is 7.16. The summed E-state index contributed by atoms with van der Waals surface area (Å²) in [6.07, 6.45) is 2.39. The molecule has 2 N–H and O–H groups in total. The maximum absolute atomic E-state index is 5.68. The van der Waals surface area contributed by atoms with E-state index in [9.17, 15) is 0 Å². The van der Waals surface area contributed by atoms with Crippen molar-refractivity contribution in [1.29, 1.82) is 0 Å². The molecule has 2 aromatic rings. The molecule has 0 atom stereocenters. The fraction of sp³-hybridized carbons (Fsp3) is 0.438. The summed E-state index contributed by atoms with van der Waals surface area (Å²) in [5, 5.41) is 10.5. The molecule has 2 rings (SSSR count). The van der Waals surface area contributed by atoms with Crippen molar-refractivity contribution in [2.24, 2.45) is 12.0 Å². The summed E-state index contributed by atoms with van der Waals surface area (Å²) >= 11 is 0. The van der Waals surface area contributed by atoms with Crippen molar-refractivity contribution in [1.82, 2.24) is 25.4 Å². The Kier molecular flexibility index (Phi) is 9.66. The first kappa shape index (κ1) is 21.0. The number of aryl methyl sites for hydroxylation is 1. The molecule has 1 heterocycles. The molecule has 0 saturated heterocycles. The maximum Gasteiger partial charge on any atom is 0.191 e. The topological polar surface area (TPSA) is 85.6 Å². The number of rotatable bonds is 8. The van der Waals surface area contributed by atoms with Gasteiger partial charge in [-0.05, 0) is 30.7 Å². The van der Waals surface area contributed by atoms with Crippen LogP contribution in [0.25, 0.3) is 0 Å². The summed E-state index contributed by atoms with van der Waals surface area (Å²) in [6.45, 7) is 1.95. The zero-order valence-electron chi connectivity index (χ0n) is 14.7. The van der Waals surface area contributed by atoms with Gasteiger partial charge >= 0.3 is 0 Å². The highest BCUT2D eigenvalue weighted by Crippen LogP contribution is 2.16. The van der Waals surface area contributed by atoms with Crippen LogP contribution in [-0.2, 0) is 13.6 Å². The predicted octanol–water partition coefficient (Wildman–Crippen LogP) is 1.58. The molecule has 138 valence electrons. The van der Waals surface area contributed by atoms with E-state index in [2.05, 4.69) is 25.7 Å². The van der Waals surface area contributed by atoms with E-state index in [1.807, 2.05) is 31.3 Å².